The molecule has 0 saturated heterocycles. The normalized spacial score (nSPS) is 16.7. The van der Waals surface area contributed by atoms with Crippen molar-refractivity contribution in [2.24, 2.45) is 0 Å². The van der Waals surface area contributed by atoms with Crippen LogP contribution in [0.3, 0.4) is 0 Å². The van der Waals surface area contributed by atoms with E-state index in [1.54, 1.807) is 0 Å². The van der Waals surface area contributed by atoms with Gasteiger partial charge >= 0.3 is 6.03 Å². The number of benzene rings is 1. The molecule has 3 rings (SSSR count). The quantitative estimate of drug-likeness (QED) is 0.914. The van der Waals surface area contributed by atoms with Crippen LogP contribution in [0.4, 0.5) is 4.79 Å². The average molecular weight is 313 g/mol. The van der Waals surface area contributed by atoms with Crippen LogP contribution in [0.2, 0.25) is 0 Å². The lowest BCUT2D eigenvalue weighted by atomic mass is 9.99. The fourth-order valence-corrected chi connectivity index (χ4v) is 3.58. The van der Waals surface area contributed by atoms with Crippen LogP contribution in [0.15, 0.2) is 28.8 Å². The zero-order valence-corrected chi connectivity index (χ0v) is 14.1. The van der Waals surface area contributed by atoms with Crippen molar-refractivity contribution in [2.75, 3.05) is 0 Å². The Morgan fingerprint density at radius 1 is 1.26 bits per heavy atom. The van der Waals surface area contributed by atoms with Crippen LogP contribution < -0.4 is 10.6 Å². The van der Waals surface area contributed by atoms with Gasteiger partial charge in [-0.3, -0.25) is 0 Å². The summed E-state index contributed by atoms with van der Waals surface area (Å²) in [5.74, 6) is 0.745. The van der Waals surface area contributed by atoms with Crippen LogP contribution in [-0.2, 0) is 12.8 Å². The monoisotopic (exact) mass is 313 g/mol. The lowest BCUT2D eigenvalue weighted by molar-refractivity contribution is 0.225. The second-order valence-electron chi connectivity index (χ2n) is 6.74. The first kappa shape index (κ1) is 15.6. The summed E-state index contributed by atoms with van der Waals surface area (Å²) in [4.78, 5) is 12.4. The molecule has 1 aliphatic rings. The molecule has 1 heterocycles. The summed E-state index contributed by atoms with van der Waals surface area (Å²) in [6.07, 6.45) is 1.71. The van der Waals surface area contributed by atoms with Crippen LogP contribution in [0.5, 0.6) is 0 Å². The van der Waals surface area contributed by atoms with Crippen molar-refractivity contribution in [3.8, 4) is 0 Å². The summed E-state index contributed by atoms with van der Waals surface area (Å²) in [6, 6.07) is 8.05. The molecule has 0 fully saturated rings. The van der Waals surface area contributed by atoms with Crippen LogP contribution in [0.25, 0.3) is 0 Å². The molecular weight excluding hydrogens is 290 g/mol. The Labute approximate surface area is 136 Å². The Morgan fingerprint density at radius 3 is 2.39 bits per heavy atom. The molecular formula is C18H23N3O2. The number of aromatic nitrogens is 1. The number of amides is 2. The Kier molecular flexibility index (Phi) is 3.88. The highest BCUT2D eigenvalue weighted by Crippen LogP contribution is 2.29. The molecule has 1 aromatic heterocycles. The van der Waals surface area contributed by atoms with Crippen LogP contribution in [0.1, 0.15) is 48.0 Å². The third-order valence-corrected chi connectivity index (χ3v) is 4.56. The summed E-state index contributed by atoms with van der Waals surface area (Å²) >= 11 is 0. The molecule has 0 saturated carbocycles. The maximum atomic E-state index is 12.4. The number of carbonyl (C=O) groups is 1. The first-order chi connectivity index (χ1) is 10.9. The van der Waals surface area contributed by atoms with Gasteiger partial charge in [0.25, 0.3) is 0 Å². The molecule has 2 amide bonds. The minimum absolute atomic E-state index is 0.145. The van der Waals surface area contributed by atoms with Crippen LogP contribution >= 0.6 is 0 Å². The van der Waals surface area contributed by atoms with Crippen molar-refractivity contribution in [3.63, 3.8) is 0 Å². The van der Waals surface area contributed by atoms with Gasteiger partial charge in [-0.25, -0.2) is 4.79 Å². The minimum atomic E-state index is -0.244. The molecule has 5 nitrogen and oxygen atoms in total. The molecule has 1 aliphatic carbocycles. The lowest BCUT2D eigenvalue weighted by Gasteiger charge is -2.26. The fraction of sp³-hybridized carbons (Fsp3) is 0.444. The van der Waals surface area contributed by atoms with Gasteiger partial charge in [0, 0.05) is 11.1 Å². The largest absolute Gasteiger partial charge is 0.361 e. The molecule has 23 heavy (non-hydrogen) atoms. The van der Waals surface area contributed by atoms with Gasteiger partial charge in [-0.05, 0) is 51.7 Å². The van der Waals surface area contributed by atoms with Crippen LogP contribution in [-0.4, -0.2) is 16.7 Å². The Morgan fingerprint density at radius 2 is 1.87 bits per heavy atom. The van der Waals surface area contributed by atoms with E-state index in [1.165, 1.54) is 11.1 Å². The average Bonchev–Trinajstić information content (AvgIpc) is 2.96. The van der Waals surface area contributed by atoms with Crippen molar-refractivity contribution in [3.05, 3.63) is 52.4 Å². The summed E-state index contributed by atoms with van der Waals surface area (Å²) < 4.78 is 5.17. The first-order valence-corrected chi connectivity index (χ1v) is 7.96. The SMILES string of the molecule is Cc1noc(C)c1[C@@H](C)NC(=O)NC1(C)Cc2ccccc2C1. The van der Waals surface area contributed by atoms with E-state index in [2.05, 4.69) is 34.8 Å². The zero-order chi connectivity index (χ0) is 16.6. The maximum Gasteiger partial charge on any atom is 0.315 e. The summed E-state index contributed by atoms with van der Waals surface area (Å²) in [5.41, 5.74) is 4.14. The molecule has 5 heteroatoms. The first-order valence-electron chi connectivity index (χ1n) is 7.96. The van der Waals surface area contributed by atoms with E-state index in [1.807, 2.05) is 32.9 Å². The second-order valence-corrected chi connectivity index (χ2v) is 6.74. The van der Waals surface area contributed by atoms with Gasteiger partial charge in [-0.2, -0.15) is 0 Å². The standard InChI is InChI=1S/C18H23N3O2/c1-11(16-12(2)21-23-13(16)3)19-17(22)20-18(4)9-14-7-5-6-8-15(14)10-18/h5-8,11H,9-10H2,1-4H3,(H2,19,20,22)/t11-/m1/s1. The molecule has 2 N–H and O–H groups in total. The van der Waals surface area contributed by atoms with Gasteiger partial charge in [-0.1, -0.05) is 29.4 Å². The smallest absolute Gasteiger partial charge is 0.315 e. The van der Waals surface area contributed by atoms with Crippen molar-refractivity contribution < 1.29 is 9.32 Å². The molecule has 0 unspecified atom stereocenters. The van der Waals surface area contributed by atoms with Crippen molar-refractivity contribution in [2.45, 2.75) is 52.1 Å². The molecule has 2 aromatic rings. The molecule has 122 valence electrons. The van der Waals surface area contributed by atoms with Gasteiger partial charge in [-0.15, -0.1) is 0 Å². The van der Waals surface area contributed by atoms with Gasteiger partial charge < -0.3 is 15.2 Å². The zero-order valence-electron chi connectivity index (χ0n) is 14.1. The molecule has 0 spiro atoms. The Bertz CT molecular complexity index is 691. The van der Waals surface area contributed by atoms with E-state index < -0.39 is 0 Å². The lowest BCUT2D eigenvalue weighted by Crippen LogP contribution is -2.51. The highest BCUT2D eigenvalue weighted by Gasteiger charge is 2.34. The third-order valence-electron chi connectivity index (χ3n) is 4.56. The summed E-state index contributed by atoms with van der Waals surface area (Å²) in [6.45, 7) is 7.78. The number of fused-ring (bicyclic) bond motifs is 1. The summed E-state index contributed by atoms with van der Waals surface area (Å²) in [5, 5.41) is 10.1. The van der Waals surface area contributed by atoms with Gasteiger partial charge in [0.15, 0.2) is 0 Å². The third kappa shape index (κ3) is 3.09. The minimum Gasteiger partial charge on any atom is -0.361 e. The number of nitrogens with one attached hydrogen (secondary N) is 2. The van der Waals surface area contributed by atoms with E-state index in [-0.39, 0.29) is 17.6 Å². The van der Waals surface area contributed by atoms with Crippen LogP contribution in [0, 0.1) is 13.8 Å². The van der Waals surface area contributed by atoms with Crippen molar-refractivity contribution >= 4 is 6.03 Å². The maximum absolute atomic E-state index is 12.4. The predicted molar refractivity (Wildman–Crippen MR) is 88.3 cm³/mol. The molecule has 1 atom stereocenters. The van der Waals surface area contributed by atoms with Gasteiger partial charge in [0.1, 0.15) is 5.76 Å². The molecule has 0 bridgehead atoms. The number of rotatable bonds is 3. The topological polar surface area (TPSA) is 67.2 Å². The van der Waals surface area contributed by atoms with Crippen molar-refractivity contribution in [1.82, 2.24) is 15.8 Å². The molecule has 0 radical (unpaired) electrons. The number of urea groups is 1. The molecule has 0 aliphatic heterocycles. The highest BCUT2D eigenvalue weighted by molar-refractivity contribution is 5.75. The predicted octanol–water partition coefficient (Wildman–Crippen LogP) is 3.21. The summed E-state index contributed by atoms with van der Waals surface area (Å²) in [7, 11) is 0. The Hall–Kier alpha value is -2.30. The van der Waals surface area contributed by atoms with E-state index in [0.717, 1.165) is 29.9 Å². The second kappa shape index (κ2) is 5.72. The van der Waals surface area contributed by atoms with Gasteiger partial charge in [0.2, 0.25) is 0 Å². The number of aryl methyl sites for hydroxylation is 2. The van der Waals surface area contributed by atoms with E-state index in [4.69, 9.17) is 4.52 Å². The van der Waals surface area contributed by atoms with E-state index in [0.29, 0.717) is 0 Å². The fourth-order valence-electron chi connectivity index (χ4n) is 3.58. The van der Waals surface area contributed by atoms with Crippen molar-refractivity contribution in [1.29, 1.82) is 0 Å². The highest BCUT2D eigenvalue weighted by atomic mass is 16.5. The Balaban J connectivity index is 1.64. The molecule has 1 aromatic carbocycles. The van der Waals surface area contributed by atoms with E-state index in [9.17, 15) is 4.79 Å². The number of nitrogens with zero attached hydrogens (tertiary/aromatic N) is 1. The number of hydrogen-bond acceptors (Lipinski definition) is 3. The van der Waals surface area contributed by atoms with Gasteiger partial charge in [0.05, 0.1) is 11.7 Å². The number of carbonyl (C=O) groups excluding carboxylic acids is 1. The van der Waals surface area contributed by atoms with E-state index >= 15 is 0 Å². The number of hydrogen-bond donors (Lipinski definition) is 2.